The van der Waals surface area contributed by atoms with Crippen molar-refractivity contribution >= 4 is 0 Å². The van der Waals surface area contributed by atoms with E-state index in [1.165, 1.54) is 12.1 Å². The molecule has 0 saturated carbocycles. The molecule has 0 radical (unpaired) electrons. The number of hydrogen-bond acceptors (Lipinski definition) is 3. The van der Waals surface area contributed by atoms with Crippen LogP contribution in [0.25, 0.3) is 0 Å². The van der Waals surface area contributed by atoms with E-state index in [1.54, 1.807) is 0 Å². The third-order valence-corrected chi connectivity index (χ3v) is 3.47. The van der Waals surface area contributed by atoms with E-state index >= 15 is 0 Å². The van der Waals surface area contributed by atoms with Crippen molar-refractivity contribution in [2.45, 2.75) is 25.1 Å². The standard InChI is InChI=1S/C14H20F2N2O/c1-17(2)8-12-6-13(19)9-18(12)7-10-3-4-11(15)5-14(10)16/h3-5,12-13,19H,6-9H2,1-2H3. The first-order valence-electron chi connectivity index (χ1n) is 6.46. The number of likely N-dealkylation sites (N-methyl/N-ethyl adjacent to an activating group) is 1. The Morgan fingerprint density at radius 2 is 2.11 bits per heavy atom. The van der Waals surface area contributed by atoms with Crippen LogP contribution < -0.4 is 0 Å². The van der Waals surface area contributed by atoms with E-state index in [9.17, 15) is 13.9 Å². The summed E-state index contributed by atoms with van der Waals surface area (Å²) in [6, 6.07) is 3.85. The van der Waals surface area contributed by atoms with Crippen LogP contribution >= 0.6 is 0 Å². The summed E-state index contributed by atoms with van der Waals surface area (Å²) in [4.78, 5) is 4.11. The molecule has 19 heavy (non-hydrogen) atoms. The van der Waals surface area contributed by atoms with Crippen LogP contribution in [0.4, 0.5) is 8.78 Å². The third kappa shape index (κ3) is 3.72. The van der Waals surface area contributed by atoms with Crippen molar-refractivity contribution in [3.8, 4) is 0 Å². The number of halogens is 2. The summed E-state index contributed by atoms with van der Waals surface area (Å²) >= 11 is 0. The topological polar surface area (TPSA) is 26.7 Å². The van der Waals surface area contributed by atoms with Gasteiger partial charge in [0.2, 0.25) is 0 Å². The van der Waals surface area contributed by atoms with Crippen LogP contribution in [0.5, 0.6) is 0 Å². The van der Waals surface area contributed by atoms with E-state index in [-0.39, 0.29) is 12.1 Å². The predicted octanol–water partition coefficient (Wildman–Crippen LogP) is 1.46. The highest BCUT2D eigenvalue weighted by atomic mass is 19.1. The largest absolute Gasteiger partial charge is 0.392 e. The van der Waals surface area contributed by atoms with Gasteiger partial charge < -0.3 is 10.0 Å². The first kappa shape index (κ1) is 14.4. The molecule has 1 aliphatic heterocycles. The highest BCUT2D eigenvalue weighted by molar-refractivity contribution is 5.18. The smallest absolute Gasteiger partial charge is 0.130 e. The lowest BCUT2D eigenvalue weighted by Crippen LogP contribution is -2.37. The number of likely N-dealkylation sites (tertiary alicyclic amines) is 1. The van der Waals surface area contributed by atoms with Crippen molar-refractivity contribution in [2.24, 2.45) is 0 Å². The summed E-state index contributed by atoms with van der Waals surface area (Å²) in [5.74, 6) is -1.09. The molecule has 1 aliphatic rings. The zero-order valence-electron chi connectivity index (χ0n) is 11.3. The Morgan fingerprint density at radius 3 is 2.74 bits per heavy atom. The van der Waals surface area contributed by atoms with Gasteiger partial charge in [-0.05, 0) is 26.6 Å². The third-order valence-electron chi connectivity index (χ3n) is 3.47. The van der Waals surface area contributed by atoms with Crippen molar-refractivity contribution < 1.29 is 13.9 Å². The van der Waals surface area contributed by atoms with Crippen LogP contribution in [0.2, 0.25) is 0 Å². The lowest BCUT2D eigenvalue weighted by molar-refractivity contribution is 0.168. The minimum Gasteiger partial charge on any atom is -0.392 e. The molecule has 3 nitrogen and oxygen atoms in total. The number of rotatable bonds is 4. The number of β-amino-alcohol motifs (C(OH)–C–C–N with tert-alkyl or cyclic N) is 1. The molecule has 1 aromatic carbocycles. The minimum atomic E-state index is -0.562. The van der Waals surface area contributed by atoms with Gasteiger partial charge in [0.15, 0.2) is 0 Å². The Morgan fingerprint density at radius 1 is 1.37 bits per heavy atom. The molecule has 1 saturated heterocycles. The number of benzene rings is 1. The van der Waals surface area contributed by atoms with E-state index in [1.807, 2.05) is 14.1 Å². The normalized spacial score (nSPS) is 24.3. The lowest BCUT2D eigenvalue weighted by Gasteiger charge is -2.26. The Hall–Kier alpha value is -1.04. The number of aliphatic hydroxyl groups is 1. The molecule has 1 aromatic rings. The summed E-state index contributed by atoms with van der Waals surface area (Å²) in [6.07, 6.45) is 0.328. The van der Waals surface area contributed by atoms with Gasteiger partial charge in [0.05, 0.1) is 6.10 Å². The van der Waals surface area contributed by atoms with Gasteiger partial charge in [-0.3, -0.25) is 4.90 Å². The van der Waals surface area contributed by atoms with Gasteiger partial charge in [-0.15, -0.1) is 0 Å². The zero-order chi connectivity index (χ0) is 14.0. The molecular weight excluding hydrogens is 250 g/mol. The average Bonchev–Trinajstić information content (AvgIpc) is 2.62. The molecule has 0 amide bonds. The second-order valence-electron chi connectivity index (χ2n) is 5.47. The molecule has 106 valence electrons. The Labute approximate surface area is 112 Å². The van der Waals surface area contributed by atoms with Crippen molar-refractivity contribution in [1.82, 2.24) is 9.80 Å². The van der Waals surface area contributed by atoms with Crippen LogP contribution in [-0.4, -0.2) is 54.2 Å². The second-order valence-corrected chi connectivity index (χ2v) is 5.47. The summed E-state index contributed by atoms with van der Waals surface area (Å²) < 4.78 is 26.5. The fourth-order valence-electron chi connectivity index (χ4n) is 2.63. The monoisotopic (exact) mass is 270 g/mol. The zero-order valence-corrected chi connectivity index (χ0v) is 11.3. The molecule has 2 rings (SSSR count). The summed E-state index contributed by atoms with van der Waals surface area (Å²) in [5, 5.41) is 9.76. The molecule has 0 aliphatic carbocycles. The summed E-state index contributed by atoms with van der Waals surface area (Å²) in [5.41, 5.74) is 0.472. The van der Waals surface area contributed by atoms with Crippen molar-refractivity contribution in [2.75, 3.05) is 27.2 Å². The predicted molar refractivity (Wildman–Crippen MR) is 69.7 cm³/mol. The maximum absolute atomic E-state index is 13.7. The van der Waals surface area contributed by atoms with Crippen LogP contribution in [0.15, 0.2) is 18.2 Å². The van der Waals surface area contributed by atoms with Crippen LogP contribution in [-0.2, 0) is 6.54 Å². The van der Waals surface area contributed by atoms with E-state index in [0.29, 0.717) is 25.1 Å². The fraction of sp³-hybridized carbons (Fsp3) is 0.571. The van der Waals surface area contributed by atoms with Gasteiger partial charge in [-0.1, -0.05) is 6.07 Å². The molecular formula is C14H20F2N2O. The van der Waals surface area contributed by atoms with E-state index in [2.05, 4.69) is 9.80 Å². The molecule has 0 aromatic heterocycles. The fourth-order valence-corrected chi connectivity index (χ4v) is 2.63. The Bertz CT molecular complexity index is 439. The number of nitrogens with zero attached hydrogens (tertiary/aromatic N) is 2. The molecule has 1 heterocycles. The first-order chi connectivity index (χ1) is 8.95. The number of hydrogen-bond donors (Lipinski definition) is 1. The minimum absolute atomic E-state index is 0.203. The van der Waals surface area contributed by atoms with Crippen molar-refractivity contribution in [3.63, 3.8) is 0 Å². The maximum atomic E-state index is 13.7. The molecule has 5 heteroatoms. The molecule has 1 N–H and O–H groups in total. The SMILES string of the molecule is CN(C)CC1CC(O)CN1Cc1ccc(F)cc1F. The summed E-state index contributed by atoms with van der Waals surface area (Å²) in [6.45, 7) is 1.76. The summed E-state index contributed by atoms with van der Waals surface area (Å²) in [7, 11) is 3.95. The van der Waals surface area contributed by atoms with Gasteiger partial charge in [0.25, 0.3) is 0 Å². The van der Waals surface area contributed by atoms with Gasteiger partial charge in [-0.2, -0.15) is 0 Å². The molecule has 1 fully saturated rings. The maximum Gasteiger partial charge on any atom is 0.130 e. The van der Waals surface area contributed by atoms with Gasteiger partial charge in [0.1, 0.15) is 11.6 Å². The quantitative estimate of drug-likeness (QED) is 0.897. The first-order valence-corrected chi connectivity index (χ1v) is 6.46. The molecule has 0 spiro atoms. The van der Waals surface area contributed by atoms with E-state index in [4.69, 9.17) is 0 Å². The highest BCUT2D eigenvalue weighted by Gasteiger charge is 2.31. The van der Waals surface area contributed by atoms with Crippen molar-refractivity contribution in [3.05, 3.63) is 35.4 Å². The second kappa shape index (κ2) is 5.94. The van der Waals surface area contributed by atoms with Crippen LogP contribution in [0.3, 0.4) is 0 Å². The Balaban J connectivity index is 2.07. The van der Waals surface area contributed by atoms with Gasteiger partial charge in [0, 0.05) is 37.3 Å². The molecule has 2 atom stereocenters. The van der Waals surface area contributed by atoms with Gasteiger partial charge in [-0.25, -0.2) is 8.78 Å². The van der Waals surface area contributed by atoms with Crippen molar-refractivity contribution in [1.29, 1.82) is 0 Å². The van der Waals surface area contributed by atoms with Crippen LogP contribution in [0.1, 0.15) is 12.0 Å². The van der Waals surface area contributed by atoms with E-state index < -0.39 is 11.6 Å². The van der Waals surface area contributed by atoms with E-state index in [0.717, 1.165) is 12.6 Å². The van der Waals surface area contributed by atoms with Gasteiger partial charge >= 0.3 is 0 Å². The Kier molecular flexibility index (Phi) is 4.50. The molecule has 2 unspecified atom stereocenters. The average molecular weight is 270 g/mol. The lowest BCUT2D eigenvalue weighted by atomic mass is 10.1. The molecule has 0 bridgehead atoms. The number of aliphatic hydroxyl groups excluding tert-OH is 1. The highest BCUT2D eigenvalue weighted by Crippen LogP contribution is 2.22. The van der Waals surface area contributed by atoms with Crippen LogP contribution in [0, 0.1) is 11.6 Å².